The molecule has 15 heavy (non-hydrogen) atoms. The Bertz CT molecular complexity index is 239. The minimum atomic E-state index is -0.518. The Morgan fingerprint density at radius 2 is 1.93 bits per heavy atom. The quantitative estimate of drug-likeness (QED) is 0.640. The van der Waals surface area contributed by atoms with Gasteiger partial charge in [0.1, 0.15) is 6.04 Å². The van der Waals surface area contributed by atoms with Crippen molar-refractivity contribution < 1.29 is 14.3 Å². The number of alkyl carbamates (subject to hydrolysis) is 1. The average Bonchev–Trinajstić information content (AvgIpc) is 2.26. The van der Waals surface area contributed by atoms with Crippen LogP contribution < -0.4 is 5.32 Å². The van der Waals surface area contributed by atoms with Crippen LogP contribution in [0.4, 0.5) is 4.79 Å². The Balaban J connectivity index is 2.55. The maximum Gasteiger partial charge on any atom is 0.407 e. The summed E-state index contributed by atoms with van der Waals surface area (Å²) in [6.07, 6.45) is 5.04. The molecule has 1 fully saturated rings. The van der Waals surface area contributed by atoms with E-state index < -0.39 is 6.09 Å². The second-order valence-electron chi connectivity index (χ2n) is 3.82. The fourth-order valence-electron chi connectivity index (χ4n) is 2.01. The van der Waals surface area contributed by atoms with Crippen molar-refractivity contribution in [3.05, 3.63) is 0 Å². The van der Waals surface area contributed by atoms with Crippen LogP contribution in [-0.4, -0.2) is 23.0 Å². The Hall–Kier alpha value is -0.330. The SMILES string of the molecule is COC(=O)N[C@H](C(=O)I)C1CCCCC1. The first-order chi connectivity index (χ1) is 7.15. The predicted octanol–water partition coefficient (Wildman–Crippen LogP) is 2.25. The third kappa shape index (κ3) is 3.96. The normalized spacial score (nSPS) is 19.3. The van der Waals surface area contributed by atoms with E-state index in [1.54, 1.807) is 22.6 Å². The van der Waals surface area contributed by atoms with E-state index in [9.17, 15) is 9.59 Å². The number of methoxy groups -OCH3 is 1. The molecule has 1 amide bonds. The lowest BCUT2D eigenvalue weighted by atomic mass is 9.84. The maximum atomic E-state index is 11.4. The molecular formula is C10H16INO3. The van der Waals surface area contributed by atoms with Gasteiger partial charge in [-0.05, 0) is 18.8 Å². The zero-order valence-electron chi connectivity index (χ0n) is 8.79. The van der Waals surface area contributed by atoms with E-state index in [0.29, 0.717) is 0 Å². The zero-order valence-corrected chi connectivity index (χ0v) is 11.0. The highest BCUT2D eigenvalue weighted by molar-refractivity contribution is 14.1. The van der Waals surface area contributed by atoms with Gasteiger partial charge in [0, 0.05) is 22.6 Å². The summed E-state index contributed by atoms with van der Waals surface area (Å²) in [6, 6.07) is -0.377. The molecule has 1 atom stereocenters. The van der Waals surface area contributed by atoms with Gasteiger partial charge in [-0.2, -0.15) is 0 Å². The molecule has 1 rings (SSSR count). The lowest BCUT2D eigenvalue weighted by Crippen LogP contribution is -2.44. The molecule has 0 saturated heterocycles. The van der Waals surface area contributed by atoms with E-state index in [1.165, 1.54) is 13.5 Å². The van der Waals surface area contributed by atoms with Gasteiger partial charge in [-0.15, -0.1) is 0 Å². The zero-order chi connectivity index (χ0) is 11.3. The smallest absolute Gasteiger partial charge is 0.407 e. The predicted molar refractivity (Wildman–Crippen MR) is 64.9 cm³/mol. The fraction of sp³-hybridized carbons (Fsp3) is 0.800. The molecular weight excluding hydrogens is 309 g/mol. The molecule has 0 heterocycles. The number of hydrogen-bond acceptors (Lipinski definition) is 3. The topological polar surface area (TPSA) is 55.4 Å². The van der Waals surface area contributed by atoms with E-state index >= 15 is 0 Å². The van der Waals surface area contributed by atoms with E-state index in [0.717, 1.165) is 25.7 Å². The molecule has 1 aliphatic rings. The standard InChI is InChI=1S/C10H16INO3/c1-15-10(14)12-8(9(11)13)7-5-3-2-4-6-7/h7-8H,2-6H2,1H3,(H,12,14)/t8-/m0/s1. The number of carbonyl (C=O) groups is 2. The van der Waals surface area contributed by atoms with E-state index in [4.69, 9.17) is 0 Å². The first kappa shape index (κ1) is 12.7. The highest BCUT2D eigenvalue weighted by Gasteiger charge is 2.29. The van der Waals surface area contributed by atoms with Crippen LogP contribution in [0.15, 0.2) is 0 Å². The largest absolute Gasteiger partial charge is 0.453 e. The van der Waals surface area contributed by atoms with Crippen molar-refractivity contribution in [3.8, 4) is 0 Å². The minimum absolute atomic E-state index is 0.00935. The molecule has 0 unspecified atom stereocenters. The van der Waals surface area contributed by atoms with Gasteiger partial charge in [-0.3, -0.25) is 4.79 Å². The molecule has 0 aromatic heterocycles. The summed E-state index contributed by atoms with van der Waals surface area (Å²) in [5, 5.41) is 2.62. The van der Waals surface area contributed by atoms with Gasteiger partial charge >= 0.3 is 6.09 Å². The van der Waals surface area contributed by atoms with Crippen LogP contribution >= 0.6 is 22.6 Å². The van der Waals surface area contributed by atoms with E-state index in [2.05, 4.69) is 10.1 Å². The molecule has 0 aromatic carbocycles. The van der Waals surface area contributed by atoms with Gasteiger partial charge in [0.2, 0.25) is 3.79 Å². The first-order valence-electron chi connectivity index (χ1n) is 5.19. The van der Waals surface area contributed by atoms with Crippen LogP contribution in [-0.2, 0) is 9.53 Å². The van der Waals surface area contributed by atoms with Crippen LogP contribution in [0.3, 0.4) is 0 Å². The van der Waals surface area contributed by atoms with Gasteiger partial charge in [0.05, 0.1) is 7.11 Å². The van der Waals surface area contributed by atoms with Crippen LogP contribution in [0.2, 0.25) is 0 Å². The van der Waals surface area contributed by atoms with Crippen LogP contribution in [0.25, 0.3) is 0 Å². The molecule has 5 heteroatoms. The molecule has 1 aliphatic carbocycles. The van der Waals surface area contributed by atoms with Crippen LogP contribution in [0.5, 0.6) is 0 Å². The third-order valence-electron chi connectivity index (χ3n) is 2.82. The summed E-state index contributed by atoms with van der Waals surface area (Å²) < 4.78 is 4.51. The van der Waals surface area contributed by atoms with E-state index in [-0.39, 0.29) is 15.7 Å². The first-order valence-corrected chi connectivity index (χ1v) is 6.27. The highest BCUT2D eigenvalue weighted by atomic mass is 127. The fourth-order valence-corrected chi connectivity index (χ4v) is 2.68. The third-order valence-corrected chi connectivity index (χ3v) is 3.50. The molecule has 0 aliphatic heterocycles. The van der Waals surface area contributed by atoms with Gasteiger partial charge in [0.25, 0.3) is 0 Å². The minimum Gasteiger partial charge on any atom is -0.453 e. The number of hydrogen-bond donors (Lipinski definition) is 1. The van der Waals surface area contributed by atoms with Gasteiger partial charge in [-0.25, -0.2) is 4.79 Å². The molecule has 86 valence electrons. The number of carbonyl (C=O) groups excluding carboxylic acids is 2. The summed E-state index contributed by atoms with van der Waals surface area (Å²) in [5.41, 5.74) is 0. The second kappa shape index (κ2) is 6.30. The molecule has 0 radical (unpaired) electrons. The molecule has 0 bridgehead atoms. The number of nitrogens with one attached hydrogen (secondary N) is 1. The van der Waals surface area contributed by atoms with Crippen molar-refractivity contribution in [2.24, 2.45) is 5.92 Å². The van der Waals surface area contributed by atoms with Gasteiger partial charge < -0.3 is 10.1 Å². The average molecular weight is 325 g/mol. The Morgan fingerprint density at radius 1 is 1.33 bits per heavy atom. The van der Waals surface area contributed by atoms with Crippen molar-refractivity contribution in [1.29, 1.82) is 0 Å². The molecule has 1 N–H and O–H groups in total. The van der Waals surface area contributed by atoms with Crippen molar-refractivity contribution in [1.82, 2.24) is 5.32 Å². The highest BCUT2D eigenvalue weighted by Crippen LogP contribution is 2.27. The number of halogens is 1. The lowest BCUT2D eigenvalue weighted by molar-refractivity contribution is -0.112. The summed E-state index contributed by atoms with van der Waals surface area (Å²) in [7, 11) is 1.31. The summed E-state index contributed by atoms with van der Waals surface area (Å²) >= 11 is 1.75. The number of amides is 1. The Kier molecular flexibility index (Phi) is 5.35. The van der Waals surface area contributed by atoms with Crippen LogP contribution in [0, 0.1) is 5.92 Å². The maximum absolute atomic E-state index is 11.4. The Labute approximate surface area is 103 Å². The van der Waals surface area contributed by atoms with Crippen LogP contribution in [0.1, 0.15) is 32.1 Å². The van der Waals surface area contributed by atoms with Crippen molar-refractivity contribution in [3.63, 3.8) is 0 Å². The summed E-state index contributed by atoms with van der Waals surface area (Å²) in [4.78, 5) is 22.5. The molecule has 1 saturated carbocycles. The van der Waals surface area contributed by atoms with E-state index in [1.807, 2.05) is 0 Å². The summed E-state index contributed by atoms with van der Waals surface area (Å²) in [6.45, 7) is 0. The van der Waals surface area contributed by atoms with Gasteiger partial charge in [-0.1, -0.05) is 19.3 Å². The monoisotopic (exact) mass is 325 g/mol. The molecule has 0 spiro atoms. The Morgan fingerprint density at radius 3 is 2.40 bits per heavy atom. The second-order valence-corrected chi connectivity index (χ2v) is 4.88. The van der Waals surface area contributed by atoms with Crippen molar-refractivity contribution in [2.75, 3.05) is 7.11 Å². The number of rotatable bonds is 3. The summed E-state index contributed by atoms with van der Waals surface area (Å²) in [5.74, 6) is 0.280. The van der Waals surface area contributed by atoms with Gasteiger partial charge in [0.15, 0.2) is 0 Å². The van der Waals surface area contributed by atoms with Crippen molar-refractivity contribution in [2.45, 2.75) is 38.1 Å². The molecule has 4 nitrogen and oxygen atoms in total. The lowest BCUT2D eigenvalue weighted by Gasteiger charge is -2.28. The molecule has 0 aromatic rings. The number of ether oxygens (including phenoxy) is 1. The van der Waals surface area contributed by atoms with Crippen molar-refractivity contribution >= 4 is 32.5 Å².